The van der Waals surface area contributed by atoms with Crippen LogP contribution in [-0.2, 0) is 57.0 Å². The van der Waals surface area contributed by atoms with Crippen LogP contribution in [0.3, 0.4) is 0 Å². The first-order valence-electron chi connectivity index (χ1n) is 15.5. The van der Waals surface area contributed by atoms with Crippen molar-refractivity contribution in [3.8, 4) is 0 Å². The van der Waals surface area contributed by atoms with E-state index < -0.39 is 141 Å². The summed E-state index contributed by atoms with van der Waals surface area (Å²) in [6, 6.07) is -0.733. The van der Waals surface area contributed by atoms with E-state index in [1.807, 2.05) is 0 Å². The van der Waals surface area contributed by atoms with E-state index in [2.05, 4.69) is 5.32 Å². The zero-order valence-electron chi connectivity index (χ0n) is 27.0. The first-order chi connectivity index (χ1) is 23.1. The van der Waals surface area contributed by atoms with E-state index >= 15 is 0 Å². The molecule has 282 valence electrons. The highest BCUT2D eigenvalue weighted by molar-refractivity contribution is 5.73. The Hall–Kier alpha value is -2.19. The minimum atomic E-state index is -2.09. The van der Waals surface area contributed by atoms with Gasteiger partial charge in [0.25, 0.3) is 0 Å². The molecule has 0 aromatic carbocycles. The Labute approximate surface area is 279 Å². The van der Waals surface area contributed by atoms with Gasteiger partial charge in [-0.05, 0) is 6.92 Å². The third-order valence-corrected chi connectivity index (χ3v) is 8.57. The van der Waals surface area contributed by atoms with E-state index in [0.29, 0.717) is 0 Å². The lowest BCUT2D eigenvalue weighted by molar-refractivity contribution is -0.380. The Bertz CT molecular complexity index is 1130. The summed E-state index contributed by atoms with van der Waals surface area (Å²) in [6.07, 6.45) is -27.2. The molecule has 21 heteroatoms. The highest BCUT2D eigenvalue weighted by Crippen LogP contribution is 2.35. The smallest absolute Gasteiger partial charge is 0.335 e. The summed E-state index contributed by atoms with van der Waals surface area (Å²) in [5.74, 6) is -3.44. The molecule has 4 rings (SSSR count). The van der Waals surface area contributed by atoms with Gasteiger partial charge in [-0.15, -0.1) is 0 Å². The molecule has 4 aliphatic rings. The number of aliphatic hydroxyl groups excluding tert-OH is 7. The predicted octanol–water partition coefficient (Wildman–Crippen LogP) is -5.94. The van der Waals surface area contributed by atoms with Gasteiger partial charge in [-0.25, -0.2) is 4.79 Å². The fraction of sp³-hybridized carbons (Fsp3) is 0.893. The molecular formula is C28H45NO20. The number of hydrogen-bond donors (Lipinski definition) is 9. The zero-order chi connectivity index (χ0) is 36.3. The van der Waals surface area contributed by atoms with Crippen LogP contribution < -0.4 is 5.32 Å². The van der Waals surface area contributed by atoms with E-state index in [1.54, 1.807) is 0 Å². The largest absolute Gasteiger partial charge is 0.479 e. The fourth-order valence-corrected chi connectivity index (χ4v) is 6.22. The Morgan fingerprint density at radius 2 is 1.41 bits per heavy atom. The number of rotatable bonds is 12. The van der Waals surface area contributed by atoms with E-state index in [9.17, 15) is 55.2 Å². The van der Waals surface area contributed by atoms with Crippen LogP contribution in [0.15, 0.2) is 0 Å². The molecule has 0 aliphatic carbocycles. The quantitative estimate of drug-likeness (QED) is 0.0850. The molecule has 21 nitrogen and oxygen atoms in total. The third kappa shape index (κ3) is 8.83. The van der Waals surface area contributed by atoms with Gasteiger partial charge in [-0.3, -0.25) is 9.59 Å². The third-order valence-electron chi connectivity index (χ3n) is 8.57. The van der Waals surface area contributed by atoms with Crippen LogP contribution in [0.2, 0.25) is 0 Å². The van der Waals surface area contributed by atoms with Crippen molar-refractivity contribution in [3.05, 3.63) is 0 Å². The monoisotopic (exact) mass is 715 g/mol. The van der Waals surface area contributed by atoms with Crippen molar-refractivity contribution in [2.75, 3.05) is 26.9 Å². The number of esters is 2. The molecule has 4 heterocycles. The lowest BCUT2D eigenvalue weighted by atomic mass is 9.97. The summed E-state index contributed by atoms with van der Waals surface area (Å²) >= 11 is 0. The van der Waals surface area contributed by atoms with Crippen LogP contribution >= 0.6 is 0 Å². The second-order valence-corrected chi connectivity index (χ2v) is 12.1. The summed E-state index contributed by atoms with van der Waals surface area (Å²) in [7, 11) is 1.20. The highest BCUT2D eigenvalue weighted by atomic mass is 16.8. The Morgan fingerprint density at radius 3 is 1.98 bits per heavy atom. The Morgan fingerprint density at radius 1 is 0.796 bits per heavy atom. The molecule has 0 radical (unpaired) electrons. The molecule has 4 fully saturated rings. The van der Waals surface area contributed by atoms with Crippen LogP contribution in [-0.4, -0.2) is 196 Å². The number of aliphatic hydroxyl groups is 7. The number of ether oxygens (including phenoxy) is 9. The van der Waals surface area contributed by atoms with E-state index in [0.717, 1.165) is 13.8 Å². The Balaban J connectivity index is 1.63. The molecule has 4 aliphatic heterocycles. The molecule has 4 saturated heterocycles. The van der Waals surface area contributed by atoms with Crippen molar-refractivity contribution >= 4 is 17.9 Å². The maximum absolute atomic E-state index is 12.2. The van der Waals surface area contributed by atoms with E-state index in [4.69, 9.17) is 42.6 Å². The molecule has 9 N–H and O–H groups in total. The molecule has 0 spiro atoms. The number of aliphatic carboxylic acids is 1. The van der Waals surface area contributed by atoms with Crippen LogP contribution in [0.1, 0.15) is 20.8 Å². The predicted molar refractivity (Wildman–Crippen MR) is 152 cm³/mol. The lowest BCUT2D eigenvalue weighted by Crippen LogP contribution is -2.66. The van der Waals surface area contributed by atoms with Gasteiger partial charge < -0.3 is 88.8 Å². The molecule has 9 unspecified atom stereocenters. The highest BCUT2D eigenvalue weighted by Gasteiger charge is 2.56. The van der Waals surface area contributed by atoms with Crippen molar-refractivity contribution in [1.29, 1.82) is 0 Å². The molecule has 0 amide bonds. The second-order valence-electron chi connectivity index (χ2n) is 12.1. The zero-order valence-corrected chi connectivity index (χ0v) is 27.0. The summed E-state index contributed by atoms with van der Waals surface area (Å²) < 4.78 is 50.8. The minimum absolute atomic E-state index is 0.0762. The van der Waals surface area contributed by atoms with Crippen molar-refractivity contribution in [2.45, 2.75) is 131 Å². The number of β-amino-alcohol motifs (C(OH)–C–C–N with tert-alkyl or cyclic N) is 1. The van der Waals surface area contributed by atoms with Gasteiger partial charge in [0.05, 0.1) is 31.5 Å². The summed E-state index contributed by atoms with van der Waals surface area (Å²) in [5.41, 5.74) is 0. The standard InChI is InChI=1S/C28H45NO20/c1-8(31)14-19(11(34)5-29-14)46-27-18(38)22(41-4)20(12(6-30)45-27)47-28-24(21(44-10(3)33)13(7-42-28)43-9(2)32)49-26-17(37)15(35)16(36)23(48-26)25(39)40/h8,11-24,26-31,34-38H,5-7H2,1-4H3,(H,39,40)/t8-,11+,12?,13+,14-,15?,16+,17?,18-,19?,20-,21?,22?,23?,24-,26+,27?,28?/m1/s1. The number of carboxylic acid groups (broad SMARTS) is 1. The molecular weight excluding hydrogens is 670 g/mol. The molecule has 49 heavy (non-hydrogen) atoms. The van der Waals surface area contributed by atoms with Gasteiger partial charge in [0.2, 0.25) is 0 Å². The maximum atomic E-state index is 12.2. The molecule has 18 atom stereocenters. The number of carboxylic acids is 1. The summed E-state index contributed by atoms with van der Waals surface area (Å²) in [5, 5.41) is 85.7. The van der Waals surface area contributed by atoms with Crippen LogP contribution in [0, 0.1) is 0 Å². The van der Waals surface area contributed by atoms with Crippen LogP contribution in [0.5, 0.6) is 0 Å². The van der Waals surface area contributed by atoms with Crippen molar-refractivity contribution in [2.24, 2.45) is 0 Å². The first kappa shape index (κ1) is 39.6. The van der Waals surface area contributed by atoms with E-state index in [1.165, 1.54) is 14.0 Å². The number of carbonyl (C=O) groups is 3. The van der Waals surface area contributed by atoms with Gasteiger partial charge in [-0.2, -0.15) is 0 Å². The molecule has 0 aromatic heterocycles. The number of hydrogen-bond acceptors (Lipinski definition) is 20. The number of carbonyl (C=O) groups excluding carboxylic acids is 2. The Kier molecular flexibility index (Phi) is 13.6. The number of nitrogens with one attached hydrogen (secondary N) is 1. The molecule has 0 bridgehead atoms. The normalized spacial score (nSPS) is 45.0. The van der Waals surface area contributed by atoms with Crippen molar-refractivity contribution in [1.82, 2.24) is 5.32 Å². The van der Waals surface area contributed by atoms with Crippen molar-refractivity contribution in [3.63, 3.8) is 0 Å². The lowest BCUT2D eigenvalue weighted by Gasteiger charge is -2.48. The second kappa shape index (κ2) is 16.9. The van der Waals surface area contributed by atoms with Crippen molar-refractivity contribution < 1.29 is 97.9 Å². The molecule has 0 aromatic rings. The topological polar surface area (TPSA) is 308 Å². The van der Waals surface area contributed by atoms with Gasteiger partial charge >= 0.3 is 17.9 Å². The van der Waals surface area contributed by atoms with Gasteiger partial charge in [0, 0.05) is 27.5 Å². The minimum Gasteiger partial charge on any atom is -0.479 e. The average molecular weight is 716 g/mol. The van der Waals surface area contributed by atoms with E-state index in [-0.39, 0.29) is 6.54 Å². The van der Waals surface area contributed by atoms with Gasteiger partial charge in [-0.1, -0.05) is 0 Å². The maximum Gasteiger partial charge on any atom is 0.335 e. The first-order valence-corrected chi connectivity index (χ1v) is 15.5. The summed E-state index contributed by atoms with van der Waals surface area (Å²) in [4.78, 5) is 35.8. The summed E-state index contributed by atoms with van der Waals surface area (Å²) in [6.45, 7) is 2.39. The fourth-order valence-electron chi connectivity index (χ4n) is 6.22. The van der Waals surface area contributed by atoms with Crippen LogP contribution in [0.25, 0.3) is 0 Å². The number of methoxy groups -OCH3 is 1. The average Bonchev–Trinajstić information content (AvgIpc) is 3.40. The van der Waals surface area contributed by atoms with Gasteiger partial charge in [0.1, 0.15) is 48.8 Å². The van der Waals surface area contributed by atoms with Crippen LogP contribution in [0.4, 0.5) is 0 Å². The van der Waals surface area contributed by atoms with Gasteiger partial charge in [0.15, 0.2) is 43.3 Å². The molecule has 0 saturated carbocycles. The SMILES string of the molecule is COC1[C@@H](O)C(OC2[C@@H](O)CN[C@@H]2[C@@H](C)O)OC(CO)[C@H]1OC1OC[C@H](OC(C)=O)C(OC(C)=O)[C@H]1O[C@@H]1OC(C(=O)O)[C@@H](O)C(O)C1O.